The number of carbonyl (C=O) groups is 1. The minimum absolute atomic E-state index is 0.0454. The third kappa shape index (κ3) is 1.97. The Labute approximate surface area is 104 Å². The van der Waals surface area contributed by atoms with Crippen molar-refractivity contribution in [3.8, 4) is 0 Å². The molecule has 1 aliphatic rings. The second-order valence-electron chi connectivity index (χ2n) is 4.95. The van der Waals surface area contributed by atoms with E-state index in [0.717, 1.165) is 16.6 Å². The number of hydrogen-bond donors (Lipinski definition) is 3. The molecule has 3 N–H and O–H groups in total. The quantitative estimate of drug-likeness (QED) is 0.707. The first-order valence-corrected chi connectivity index (χ1v) is 6.11. The van der Waals surface area contributed by atoms with E-state index in [1.807, 2.05) is 25.1 Å². The van der Waals surface area contributed by atoms with E-state index in [-0.39, 0.29) is 23.6 Å². The number of H-pyrrole nitrogens is 2. The zero-order chi connectivity index (χ0) is 12.7. The molecule has 2 aromatic rings. The van der Waals surface area contributed by atoms with Crippen LogP contribution in [0.15, 0.2) is 23.0 Å². The summed E-state index contributed by atoms with van der Waals surface area (Å²) in [6.45, 7) is 2.01. The lowest BCUT2D eigenvalue weighted by Crippen LogP contribution is -2.38. The molecule has 1 saturated heterocycles. The highest BCUT2D eigenvalue weighted by atomic mass is 16.1. The van der Waals surface area contributed by atoms with Gasteiger partial charge in [0.15, 0.2) is 0 Å². The number of piperidine rings is 1. The number of benzene rings is 1. The van der Waals surface area contributed by atoms with Crippen molar-refractivity contribution in [2.75, 3.05) is 0 Å². The van der Waals surface area contributed by atoms with Crippen LogP contribution in [0.1, 0.15) is 31.4 Å². The van der Waals surface area contributed by atoms with Gasteiger partial charge in [0.25, 0.3) is 0 Å². The molecular weight excluding hydrogens is 230 g/mol. The monoisotopic (exact) mass is 245 g/mol. The maximum Gasteiger partial charge on any atom is 0.323 e. The Balaban J connectivity index is 1.98. The van der Waals surface area contributed by atoms with E-state index in [0.29, 0.717) is 12.8 Å². The van der Waals surface area contributed by atoms with Crippen molar-refractivity contribution in [1.82, 2.24) is 15.3 Å². The van der Waals surface area contributed by atoms with Gasteiger partial charge in [-0.2, -0.15) is 0 Å². The normalized spacial score (nSPS) is 24.6. The van der Waals surface area contributed by atoms with Gasteiger partial charge in [0.2, 0.25) is 0 Å². The number of Topliss-reactive ketones (excluding diaryl/α,β-unsaturated/α-hetero) is 1. The van der Waals surface area contributed by atoms with Crippen LogP contribution in [0.2, 0.25) is 0 Å². The molecule has 0 saturated carbocycles. The lowest BCUT2D eigenvalue weighted by atomic mass is 9.93. The Morgan fingerprint density at radius 1 is 1.11 bits per heavy atom. The number of hydrogen-bond acceptors (Lipinski definition) is 3. The van der Waals surface area contributed by atoms with E-state index in [1.165, 1.54) is 0 Å². The van der Waals surface area contributed by atoms with E-state index in [9.17, 15) is 9.59 Å². The molecule has 0 radical (unpaired) electrons. The van der Waals surface area contributed by atoms with Crippen LogP contribution in [0.4, 0.5) is 0 Å². The molecule has 3 rings (SSSR count). The van der Waals surface area contributed by atoms with Crippen molar-refractivity contribution in [2.45, 2.75) is 31.8 Å². The van der Waals surface area contributed by atoms with Crippen molar-refractivity contribution < 1.29 is 4.79 Å². The second-order valence-corrected chi connectivity index (χ2v) is 4.95. The molecule has 5 nitrogen and oxygen atoms in total. The summed E-state index contributed by atoms with van der Waals surface area (Å²) in [4.78, 5) is 28.3. The van der Waals surface area contributed by atoms with Gasteiger partial charge in [-0.3, -0.25) is 4.79 Å². The zero-order valence-corrected chi connectivity index (χ0v) is 10.1. The number of aromatic nitrogens is 2. The third-order valence-corrected chi connectivity index (χ3v) is 3.39. The molecule has 0 amide bonds. The van der Waals surface area contributed by atoms with Gasteiger partial charge in [-0.15, -0.1) is 0 Å². The molecule has 2 atom stereocenters. The van der Waals surface area contributed by atoms with Crippen molar-refractivity contribution in [1.29, 1.82) is 0 Å². The summed E-state index contributed by atoms with van der Waals surface area (Å²) in [5.41, 5.74) is 2.41. The minimum atomic E-state index is -0.205. The average molecular weight is 245 g/mol. The number of carbonyl (C=O) groups excluding carboxylic acids is 1. The summed E-state index contributed by atoms with van der Waals surface area (Å²) in [5, 5.41) is 3.41. The zero-order valence-electron chi connectivity index (χ0n) is 10.1. The molecule has 1 aliphatic heterocycles. The molecular formula is C13H15N3O2. The van der Waals surface area contributed by atoms with Crippen LogP contribution in [-0.4, -0.2) is 21.8 Å². The fraction of sp³-hybridized carbons (Fsp3) is 0.385. The smallest absolute Gasteiger partial charge is 0.307 e. The third-order valence-electron chi connectivity index (χ3n) is 3.39. The molecule has 2 unspecified atom stereocenters. The van der Waals surface area contributed by atoms with Crippen LogP contribution in [0, 0.1) is 0 Å². The minimum Gasteiger partial charge on any atom is -0.307 e. The maximum atomic E-state index is 11.6. The topological polar surface area (TPSA) is 77.8 Å². The Morgan fingerprint density at radius 2 is 1.89 bits per heavy atom. The van der Waals surface area contributed by atoms with Gasteiger partial charge in [-0.1, -0.05) is 6.07 Å². The Morgan fingerprint density at radius 3 is 2.67 bits per heavy atom. The number of rotatable bonds is 1. The molecule has 0 aliphatic carbocycles. The molecule has 0 spiro atoms. The predicted octanol–water partition coefficient (Wildman–Crippen LogP) is 1.24. The standard InChI is InChI=1S/C13H15N3O2/c1-7-4-9(17)6-11(14-7)8-2-3-10-12(5-8)16-13(18)15-10/h2-3,5,7,11,14H,4,6H2,1H3,(H2,15,16,18). The first kappa shape index (κ1) is 11.2. The highest BCUT2D eigenvalue weighted by Crippen LogP contribution is 2.25. The number of nitrogens with one attached hydrogen (secondary N) is 3. The Kier molecular flexibility index (Phi) is 2.56. The van der Waals surface area contributed by atoms with Crippen LogP contribution in [0.5, 0.6) is 0 Å². The summed E-state index contributed by atoms with van der Waals surface area (Å²) in [7, 11) is 0. The van der Waals surface area contributed by atoms with E-state index in [1.54, 1.807) is 0 Å². The van der Waals surface area contributed by atoms with Crippen LogP contribution in [0.3, 0.4) is 0 Å². The molecule has 18 heavy (non-hydrogen) atoms. The number of ketones is 1. The van der Waals surface area contributed by atoms with E-state index in [2.05, 4.69) is 15.3 Å². The Hall–Kier alpha value is -1.88. The lowest BCUT2D eigenvalue weighted by molar-refractivity contribution is -0.121. The SMILES string of the molecule is CC1CC(=O)CC(c2ccc3[nH]c(=O)[nH]c3c2)N1. The molecule has 2 heterocycles. The Bertz CT molecular complexity index is 656. The van der Waals surface area contributed by atoms with Crippen molar-refractivity contribution in [3.05, 3.63) is 34.2 Å². The van der Waals surface area contributed by atoms with Gasteiger partial charge in [0.05, 0.1) is 11.0 Å². The lowest BCUT2D eigenvalue weighted by Gasteiger charge is -2.28. The van der Waals surface area contributed by atoms with Crippen LogP contribution in [0.25, 0.3) is 11.0 Å². The average Bonchev–Trinajstić information content (AvgIpc) is 2.66. The van der Waals surface area contributed by atoms with Crippen LogP contribution >= 0.6 is 0 Å². The predicted molar refractivity (Wildman–Crippen MR) is 68.5 cm³/mol. The second kappa shape index (κ2) is 4.10. The van der Waals surface area contributed by atoms with Gasteiger partial charge in [-0.25, -0.2) is 4.79 Å². The van der Waals surface area contributed by atoms with E-state index in [4.69, 9.17) is 0 Å². The van der Waals surface area contributed by atoms with E-state index < -0.39 is 0 Å². The fourth-order valence-electron chi connectivity index (χ4n) is 2.59. The number of aromatic amines is 2. The summed E-state index contributed by atoms with van der Waals surface area (Å²) < 4.78 is 0. The molecule has 1 aromatic carbocycles. The molecule has 1 fully saturated rings. The van der Waals surface area contributed by atoms with Gasteiger partial charge >= 0.3 is 5.69 Å². The van der Waals surface area contributed by atoms with Gasteiger partial charge in [0, 0.05) is 24.9 Å². The van der Waals surface area contributed by atoms with Crippen molar-refractivity contribution >= 4 is 16.8 Å². The first-order valence-electron chi connectivity index (χ1n) is 6.11. The maximum absolute atomic E-state index is 11.6. The largest absolute Gasteiger partial charge is 0.323 e. The molecule has 94 valence electrons. The summed E-state index contributed by atoms with van der Waals surface area (Å²) in [6.07, 6.45) is 1.12. The number of fused-ring (bicyclic) bond motifs is 1. The van der Waals surface area contributed by atoms with Crippen LogP contribution in [-0.2, 0) is 4.79 Å². The summed E-state index contributed by atoms with van der Waals surface area (Å²) in [6, 6.07) is 6.00. The highest BCUT2D eigenvalue weighted by molar-refractivity contribution is 5.81. The molecule has 5 heteroatoms. The fourth-order valence-corrected chi connectivity index (χ4v) is 2.59. The van der Waals surface area contributed by atoms with Crippen molar-refractivity contribution in [2.24, 2.45) is 0 Å². The summed E-state index contributed by atoms with van der Waals surface area (Å²) in [5.74, 6) is 0.286. The highest BCUT2D eigenvalue weighted by Gasteiger charge is 2.25. The van der Waals surface area contributed by atoms with E-state index >= 15 is 0 Å². The molecule has 0 bridgehead atoms. The first-order chi connectivity index (χ1) is 8.61. The van der Waals surface area contributed by atoms with Gasteiger partial charge in [-0.05, 0) is 24.6 Å². The van der Waals surface area contributed by atoms with Gasteiger partial charge in [0.1, 0.15) is 5.78 Å². The van der Waals surface area contributed by atoms with Gasteiger partial charge < -0.3 is 15.3 Å². The van der Waals surface area contributed by atoms with Crippen molar-refractivity contribution in [3.63, 3.8) is 0 Å². The van der Waals surface area contributed by atoms with Crippen LogP contribution < -0.4 is 11.0 Å². The number of imidazole rings is 1. The summed E-state index contributed by atoms with van der Waals surface area (Å²) >= 11 is 0. The molecule has 1 aromatic heterocycles.